The van der Waals surface area contributed by atoms with Gasteiger partial charge in [0, 0.05) is 48.6 Å². The van der Waals surface area contributed by atoms with Crippen LogP contribution in [-0.4, -0.2) is 40.4 Å². The number of amides is 1. The normalized spacial score (nSPS) is 20.6. The third kappa shape index (κ3) is 2.88. The molecular formula is C17H20N4OS. The maximum absolute atomic E-state index is 12.6. The van der Waals surface area contributed by atoms with Crippen LogP contribution in [0.1, 0.15) is 44.0 Å². The number of thiophene rings is 1. The molecular weight excluding hydrogens is 308 g/mol. The fourth-order valence-electron chi connectivity index (χ4n) is 3.28. The van der Waals surface area contributed by atoms with Crippen LogP contribution in [0.4, 0.5) is 0 Å². The van der Waals surface area contributed by atoms with E-state index in [-0.39, 0.29) is 5.91 Å². The van der Waals surface area contributed by atoms with E-state index in [4.69, 9.17) is 4.98 Å². The molecule has 4 rings (SSSR count). The van der Waals surface area contributed by atoms with Crippen LogP contribution in [0.3, 0.4) is 0 Å². The van der Waals surface area contributed by atoms with Crippen molar-refractivity contribution in [3.63, 3.8) is 0 Å². The van der Waals surface area contributed by atoms with Crippen molar-refractivity contribution >= 4 is 17.2 Å². The Morgan fingerprint density at radius 1 is 1.43 bits per heavy atom. The number of carbonyl (C=O) groups is 1. The van der Waals surface area contributed by atoms with Gasteiger partial charge < -0.3 is 10.2 Å². The minimum Gasteiger partial charge on any atom is -0.333 e. The molecule has 1 atom stereocenters. The lowest BCUT2D eigenvalue weighted by Gasteiger charge is -2.28. The summed E-state index contributed by atoms with van der Waals surface area (Å²) in [6, 6.07) is 3.92. The van der Waals surface area contributed by atoms with Gasteiger partial charge in [0.05, 0.1) is 10.6 Å². The van der Waals surface area contributed by atoms with Gasteiger partial charge in [-0.2, -0.15) is 0 Å². The van der Waals surface area contributed by atoms with Crippen molar-refractivity contribution < 1.29 is 4.79 Å². The molecule has 120 valence electrons. The molecule has 1 fully saturated rings. The molecule has 1 saturated heterocycles. The number of aromatic nitrogens is 2. The smallest absolute Gasteiger partial charge is 0.264 e. The molecule has 2 aromatic rings. The van der Waals surface area contributed by atoms with Gasteiger partial charge in [-0.3, -0.25) is 4.79 Å². The summed E-state index contributed by atoms with van der Waals surface area (Å²) in [6.07, 6.45) is 3.86. The first-order valence-corrected chi connectivity index (χ1v) is 8.93. The van der Waals surface area contributed by atoms with Crippen molar-refractivity contribution in [1.29, 1.82) is 0 Å². The molecule has 4 heterocycles. The summed E-state index contributed by atoms with van der Waals surface area (Å²) in [7, 11) is 0. The standard InChI is InChI=1S/C17H20N4OS/c1-11-2-3-15(23-11)17(22)21-7-5-14-13(10-21)9-19-16(20-14)12-4-6-18-8-12/h2-3,9,12,18H,4-8,10H2,1H3/t12-/m1/s1. The fraction of sp³-hybridized carbons (Fsp3) is 0.471. The second kappa shape index (κ2) is 6.02. The van der Waals surface area contributed by atoms with Gasteiger partial charge in [-0.25, -0.2) is 9.97 Å². The molecule has 0 saturated carbocycles. The Balaban J connectivity index is 1.52. The van der Waals surface area contributed by atoms with E-state index in [1.807, 2.05) is 30.2 Å². The average molecular weight is 328 g/mol. The molecule has 5 nitrogen and oxygen atoms in total. The lowest BCUT2D eigenvalue weighted by Crippen LogP contribution is -2.36. The van der Waals surface area contributed by atoms with Crippen molar-refractivity contribution in [2.24, 2.45) is 0 Å². The van der Waals surface area contributed by atoms with Crippen LogP contribution in [0.15, 0.2) is 18.3 Å². The molecule has 0 aromatic carbocycles. The molecule has 23 heavy (non-hydrogen) atoms. The SMILES string of the molecule is Cc1ccc(C(=O)N2CCc3nc([C@@H]4CCNC4)ncc3C2)s1. The number of rotatable bonds is 2. The molecule has 2 aromatic heterocycles. The highest BCUT2D eigenvalue weighted by molar-refractivity contribution is 7.13. The average Bonchev–Trinajstić information content (AvgIpc) is 3.25. The Morgan fingerprint density at radius 3 is 3.09 bits per heavy atom. The van der Waals surface area contributed by atoms with E-state index in [0.717, 1.165) is 54.4 Å². The molecule has 6 heteroatoms. The second-order valence-corrected chi connectivity index (χ2v) is 7.56. The van der Waals surface area contributed by atoms with Gasteiger partial charge in [0.1, 0.15) is 5.82 Å². The number of nitrogens with one attached hydrogen (secondary N) is 1. The molecule has 0 spiro atoms. The summed E-state index contributed by atoms with van der Waals surface area (Å²) in [5, 5.41) is 3.36. The van der Waals surface area contributed by atoms with Gasteiger partial charge in [0.25, 0.3) is 5.91 Å². The van der Waals surface area contributed by atoms with Gasteiger partial charge in [0.15, 0.2) is 0 Å². The summed E-state index contributed by atoms with van der Waals surface area (Å²) in [5.41, 5.74) is 2.21. The van der Waals surface area contributed by atoms with Crippen LogP contribution in [0.5, 0.6) is 0 Å². The molecule has 1 N–H and O–H groups in total. The highest BCUT2D eigenvalue weighted by Gasteiger charge is 2.26. The Morgan fingerprint density at radius 2 is 2.35 bits per heavy atom. The summed E-state index contributed by atoms with van der Waals surface area (Å²) < 4.78 is 0. The Kier molecular flexibility index (Phi) is 3.87. The number of hydrogen-bond acceptors (Lipinski definition) is 5. The van der Waals surface area contributed by atoms with E-state index >= 15 is 0 Å². The molecule has 0 radical (unpaired) electrons. The zero-order valence-corrected chi connectivity index (χ0v) is 14.0. The third-order valence-corrected chi connectivity index (χ3v) is 5.61. The van der Waals surface area contributed by atoms with Gasteiger partial charge >= 0.3 is 0 Å². The predicted molar refractivity (Wildman–Crippen MR) is 89.8 cm³/mol. The van der Waals surface area contributed by atoms with Crippen LogP contribution in [0.25, 0.3) is 0 Å². The largest absolute Gasteiger partial charge is 0.333 e. The first-order valence-electron chi connectivity index (χ1n) is 8.12. The van der Waals surface area contributed by atoms with Crippen LogP contribution in [0.2, 0.25) is 0 Å². The minimum absolute atomic E-state index is 0.123. The zero-order valence-electron chi connectivity index (χ0n) is 13.2. The number of carbonyl (C=O) groups excluding carboxylic acids is 1. The fourth-order valence-corrected chi connectivity index (χ4v) is 4.12. The van der Waals surface area contributed by atoms with Gasteiger partial charge in [-0.05, 0) is 32.0 Å². The number of aryl methyl sites for hydroxylation is 1. The van der Waals surface area contributed by atoms with Gasteiger partial charge in [-0.1, -0.05) is 0 Å². The highest BCUT2D eigenvalue weighted by Crippen LogP contribution is 2.24. The van der Waals surface area contributed by atoms with Crippen molar-refractivity contribution in [2.45, 2.75) is 32.2 Å². The monoisotopic (exact) mass is 328 g/mol. The molecule has 0 aliphatic carbocycles. The van der Waals surface area contributed by atoms with E-state index < -0.39 is 0 Å². The van der Waals surface area contributed by atoms with Gasteiger partial charge in [-0.15, -0.1) is 11.3 Å². The Labute approximate surface area is 139 Å². The summed E-state index contributed by atoms with van der Waals surface area (Å²) in [4.78, 5) is 25.8. The maximum atomic E-state index is 12.6. The Bertz CT molecular complexity index is 736. The van der Waals surface area contributed by atoms with Gasteiger partial charge in [0.2, 0.25) is 0 Å². The minimum atomic E-state index is 0.123. The topological polar surface area (TPSA) is 58.1 Å². The summed E-state index contributed by atoms with van der Waals surface area (Å²) in [5.74, 6) is 1.52. The number of nitrogens with zero attached hydrogens (tertiary/aromatic N) is 3. The van der Waals surface area contributed by atoms with E-state index in [2.05, 4.69) is 10.3 Å². The van der Waals surface area contributed by atoms with Crippen LogP contribution in [0, 0.1) is 6.92 Å². The van der Waals surface area contributed by atoms with E-state index in [1.165, 1.54) is 4.88 Å². The van der Waals surface area contributed by atoms with Crippen molar-refractivity contribution in [1.82, 2.24) is 20.2 Å². The molecule has 0 unspecified atom stereocenters. The first kappa shape index (κ1) is 14.8. The lowest BCUT2D eigenvalue weighted by atomic mass is 10.0. The molecule has 1 amide bonds. The molecule has 2 aliphatic rings. The van der Waals surface area contributed by atoms with E-state index in [1.54, 1.807) is 11.3 Å². The molecule has 2 aliphatic heterocycles. The third-order valence-electron chi connectivity index (χ3n) is 4.62. The maximum Gasteiger partial charge on any atom is 0.264 e. The number of hydrogen-bond donors (Lipinski definition) is 1. The van der Waals surface area contributed by atoms with Crippen molar-refractivity contribution in [2.75, 3.05) is 19.6 Å². The van der Waals surface area contributed by atoms with E-state index in [9.17, 15) is 4.79 Å². The van der Waals surface area contributed by atoms with Crippen LogP contribution >= 0.6 is 11.3 Å². The van der Waals surface area contributed by atoms with Crippen LogP contribution in [-0.2, 0) is 13.0 Å². The van der Waals surface area contributed by atoms with E-state index in [0.29, 0.717) is 12.5 Å². The van der Waals surface area contributed by atoms with Crippen LogP contribution < -0.4 is 5.32 Å². The quantitative estimate of drug-likeness (QED) is 0.917. The first-order chi connectivity index (χ1) is 11.2. The predicted octanol–water partition coefficient (Wildman–Crippen LogP) is 2.12. The second-order valence-electron chi connectivity index (χ2n) is 6.28. The zero-order chi connectivity index (χ0) is 15.8. The van der Waals surface area contributed by atoms with Crippen molar-refractivity contribution in [3.8, 4) is 0 Å². The number of fused-ring (bicyclic) bond motifs is 1. The molecule has 0 bridgehead atoms. The van der Waals surface area contributed by atoms with Crippen molar-refractivity contribution in [3.05, 3.63) is 45.2 Å². The summed E-state index contributed by atoms with van der Waals surface area (Å²) in [6.45, 7) is 5.41. The highest BCUT2D eigenvalue weighted by atomic mass is 32.1. The lowest BCUT2D eigenvalue weighted by molar-refractivity contribution is 0.0738. The summed E-state index contributed by atoms with van der Waals surface area (Å²) >= 11 is 1.56. The Hall–Kier alpha value is -1.79.